The Kier molecular flexibility index (Phi) is 7.30. The maximum atomic E-state index is 12.1. The van der Waals surface area contributed by atoms with Crippen LogP contribution in [0.15, 0.2) is 5.16 Å². The third kappa shape index (κ3) is 5.94. The fourth-order valence-electron chi connectivity index (χ4n) is 2.72. The van der Waals surface area contributed by atoms with Crippen molar-refractivity contribution >= 4 is 11.7 Å². The molecule has 1 amide bonds. The molecule has 0 spiro atoms. The molecule has 1 rings (SSSR count). The van der Waals surface area contributed by atoms with Crippen molar-refractivity contribution in [2.45, 2.75) is 58.3 Å². The van der Waals surface area contributed by atoms with E-state index in [4.69, 9.17) is 10.9 Å². The number of carbonyl (C=O) groups excluding carboxylic acids is 1. The van der Waals surface area contributed by atoms with Gasteiger partial charge in [0, 0.05) is 25.9 Å². The van der Waals surface area contributed by atoms with Crippen molar-refractivity contribution in [2.75, 3.05) is 13.1 Å². The van der Waals surface area contributed by atoms with Crippen molar-refractivity contribution in [1.82, 2.24) is 4.90 Å². The Bertz CT molecular complexity index is 299. The smallest absolute Gasteiger partial charge is 0.222 e. The number of nitrogens with zero attached hydrogens (tertiary/aromatic N) is 2. The first-order chi connectivity index (χ1) is 9.17. The monoisotopic (exact) mass is 269 g/mol. The van der Waals surface area contributed by atoms with Crippen LogP contribution in [-0.4, -0.2) is 34.9 Å². The molecule has 0 aliphatic heterocycles. The van der Waals surface area contributed by atoms with E-state index in [-0.39, 0.29) is 11.7 Å². The summed E-state index contributed by atoms with van der Waals surface area (Å²) in [6.45, 7) is 3.18. The van der Waals surface area contributed by atoms with Gasteiger partial charge in [0.15, 0.2) is 0 Å². The molecule has 0 aromatic carbocycles. The molecule has 1 aliphatic carbocycles. The third-order valence-corrected chi connectivity index (χ3v) is 3.99. The molecule has 0 heterocycles. The molecule has 1 saturated carbocycles. The second kappa shape index (κ2) is 8.77. The largest absolute Gasteiger partial charge is 0.409 e. The van der Waals surface area contributed by atoms with Gasteiger partial charge in [-0.2, -0.15) is 0 Å². The van der Waals surface area contributed by atoms with Gasteiger partial charge in [0.25, 0.3) is 0 Å². The summed E-state index contributed by atoms with van der Waals surface area (Å²) in [5, 5.41) is 11.4. The van der Waals surface area contributed by atoms with Gasteiger partial charge in [-0.25, -0.2) is 0 Å². The minimum Gasteiger partial charge on any atom is -0.409 e. The van der Waals surface area contributed by atoms with Gasteiger partial charge >= 0.3 is 0 Å². The minimum absolute atomic E-state index is 0.179. The summed E-state index contributed by atoms with van der Waals surface area (Å²) < 4.78 is 0. The Morgan fingerprint density at radius 1 is 1.32 bits per heavy atom. The third-order valence-electron chi connectivity index (χ3n) is 3.99. The molecule has 0 atom stereocenters. The van der Waals surface area contributed by atoms with E-state index in [9.17, 15) is 4.79 Å². The molecule has 0 saturated heterocycles. The Hall–Kier alpha value is -1.26. The van der Waals surface area contributed by atoms with Crippen LogP contribution in [0, 0.1) is 5.92 Å². The van der Waals surface area contributed by atoms with Crippen LogP contribution in [0.25, 0.3) is 0 Å². The van der Waals surface area contributed by atoms with Crippen LogP contribution in [0.2, 0.25) is 0 Å². The van der Waals surface area contributed by atoms with E-state index < -0.39 is 0 Å². The molecular weight excluding hydrogens is 242 g/mol. The molecule has 5 nitrogen and oxygen atoms in total. The lowest BCUT2D eigenvalue weighted by Gasteiger charge is -2.24. The van der Waals surface area contributed by atoms with Crippen molar-refractivity contribution in [2.24, 2.45) is 16.8 Å². The van der Waals surface area contributed by atoms with Gasteiger partial charge in [0.05, 0.1) is 0 Å². The second-order valence-electron chi connectivity index (χ2n) is 5.36. The maximum Gasteiger partial charge on any atom is 0.222 e. The number of hydrogen-bond donors (Lipinski definition) is 2. The first-order valence-electron chi connectivity index (χ1n) is 7.41. The molecule has 0 aromatic rings. The van der Waals surface area contributed by atoms with Gasteiger partial charge < -0.3 is 15.8 Å². The van der Waals surface area contributed by atoms with Crippen molar-refractivity contribution in [1.29, 1.82) is 0 Å². The molecule has 110 valence electrons. The predicted molar refractivity (Wildman–Crippen MR) is 76.1 cm³/mol. The highest BCUT2D eigenvalue weighted by Gasteiger charge is 2.17. The van der Waals surface area contributed by atoms with E-state index in [1.807, 2.05) is 6.92 Å². The lowest BCUT2D eigenvalue weighted by molar-refractivity contribution is -0.131. The number of hydrogen-bond acceptors (Lipinski definition) is 3. The molecule has 19 heavy (non-hydrogen) atoms. The van der Waals surface area contributed by atoms with Crippen LogP contribution in [0.3, 0.4) is 0 Å². The van der Waals surface area contributed by atoms with Gasteiger partial charge in [-0.3, -0.25) is 4.79 Å². The Morgan fingerprint density at radius 2 is 2.00 bits per heavy atom. The lowest BCUT2D eigenvalue weighted by atomic mass is 9.86. The standard InChI is InChI=1S/C14H27N3O2/c1-2-17(11-10-13(15)16-19)14(18)9-8-12-6-4-3-5-7-12/h12,19H,2-11H2,1H3,(H2,15,16). The number of amides is 1. The molecular formula is C14H27N3O2. The first-order valence-corrected chi connectivity index (χ1v) is 7.41. The second-order valence-corrected chi connectivity index (χ2v) is 5.36. The predicted octanol–water partition coefficient (Wildman–Crippen LogP) is 2.33. The van der Waals surface area contributed by atoms with E-state index in [1.165, 1.54) is 32.1 Å². The first kappa shape index (κ1) is 15.8. The topological polar surface area (TPSA) is 78.9 Å². The normalized spacial score (nSPS) is 17.4. The van der Waals surface area contributed by atoms with Gasteiger partial charge in [0.2, 0.25) is 5.91 Å². The molecule has 0 unspecified atom stereocenters. The SMILES string of the molecule is CCN(CCC(N)=NO)C(=O)CCC1CCCCC1. The number of rotatable bonds is 7. The Morgan fingerprint density at radius 3 is 2.58 bits per heavy atom. The Balaban J connectivity index is 2.28. The summed E-state index contributed by atoms with van der Waals surface area (Å²) >= 11 is 0. The fourth-order valence-corrected chi connectivity index (χ4v) is 2.72. The molecule has 1 aliphatic rings. The Labute approximate surface area is 115 Å². The van der Waals surface area contributed by atoms with Crippen molar-refractivity contribution in [3.63, 3.8) is 0 Å². The summed E-state index contributed by atoms with van der Waals surface area (Å²) in [6, 6.07) is 0. The van der Waals surface area contributed by atoms with E-state index >= 15 is 0 Å². The fraction of sp³-hybridized carbons (Fsp3) is 0.857. The van der Waals surface area contributed by atoms with E-state index in [0.29, 0.717) is 25.9 Å². The number of amidine groups is 1. The summed E-state index contributed by atoms with van der Waals surface area (Å²) in [5.74, 6) is 1.11. The van der Waals surface area contributed by atoms with E-state index in [1.54, 1.807) is 4.90 Å². The zero-order valence-electron chi connectivity index (χ0n) is 12.0. The summed E-state index contributed by atoms with van der Waals surface area (Å²) in [7, 11) is 0. The minimum atomic E-state index is 0.179. The van der Waals surface area contributed by atoms with Crippen LogP contribution < -0.4 is 5.73 Å². The molecule has 5 heteroatoms. The van der Waals surface area contributed by atoms with Gasteiger partial charge in [-0.15, -0.1) is 0 Å². The molecule has 1 fully saturated rings. The quantitative estimate of drug-likeness (QED) is 0.322. The van der Waals surface area contributed by atoms with Crippen LogP contribution in [0.4, 0.5) is 0 Å². The molecule has 3 N–H and O–H groups in total. The van der Waals surface area contributed by atoms with E-state index in [2.05, 4.69) is 5.16 Å². The zero-order valence-corrected chi connectivity index (χ0v) is 12.0. The van der Waals surface area contributed by atoms with Crippen molar-refractivity contribution < 1.29 is 10.0 Å². The van der Waals surface area contributed by atoms with Crippen molar-refractivity contribution in [3.8, 4) is 0 Å². The van der Waals surface area contributed by atoms with Gasteiger partial charge in [0.1, 0.15) is 5.84 Å². The maximum absolute atomic E-state index is 12.1. The number of carbonyl (C=O) groups is 1. The molecule has 0 aromatic heterocycles. The average molecular weight is 269 g/mol. The highest BCUT2D eigenvalue weighted by molar-refractivity contribution is 5.81. The number of nitrogens with two attached hydrogens (primary N) is 1. The molecule has 0 radical (unpaired) electrons. The number of oxime groups is 1. The lowest BCUT2D eigenvalue weighted by Crippen LogP contribution is -2.34. The van der Waals surface area contributed by atoms with Crippen LogP contribution in [0.1, 0.15) is 58.3 Å². The zero-order chi connectivity index (χ0) is 14.1. The summed E-state index contributed by atoms with van der Waals surface area (Å²) in [5.41, 5.74) is 5.43. The van der Waals surface area contributed by atoms with Crippen molar-refractivity contribution in [3.05, 3.63) is 0 Å². The highest BCUT2D eigenvalue weighted by atomic mass is 16.4. The van der Waals surface area contributed by atoms with Crippen LogP contribution >= 0.6 is 0 Å². The summed E-state index contributed by atoms with van der Waals surface area (Å²) in [6.07, 6.45) is 8.63. The average Bonchev–Trinajstić information content (AvgIpc) is 2.46. The van der Waals surface area contributed by atoms with Crippen LogP contribution in [-0.2, 0) is 4.79 Å². The van der Waals surface area contributed by atoms with Crippen LogP contribution in [0.5, 0.6) is 0 Å². The highest BCUT2D eigenvalue weighted by Crippen LogP contribution is 2.27. The van der Waals surface area contributed by atoms with Gasteiger partial charge in [-0.1, -0.05) is 37.3 Å². The summed E-state index contributed by atoms with van der Waals surface area (Å²) in [4.78, 5) is 13.9. The molecule has 0 bridgehead atoms. The van der Waals surface area contributed by atoms with E-state index in [0.717, 1.165) is 12.3 Å². The van der Waals surface area contributed by atoms with Gasteiger partial charge in [-0.05, 0) is 19.3 Å².